The number of aliphatic hydroxyl groups excluding tert-OH is 1. The van der Waals surface area contributed by atoms with Crippen molar-refractivity contribution in [3.63, 3.8) is 0 Å². The summed E-state index contributed by atoms with van der Waals surface area (Å²) in [5, 5.41) is 9.21. The number of carbonyl (C=O) groups is 3. The highest BCUT2D eigenvalue weighted by Gasteiger charge is 2.74. The zero-order chi connectivity index (χ0) is 30.0. The SMILES string of the molecule is C[C@]12C=CCN(Cc3ccccc3)C(=O)[C@H]1[C@H]1C(=O)N(CCCCCCO)C3C(=O)N(Cc4ccccc4)CC=C[C@@]31O2. The number of fused-ring (bicyclic) bond motifs is 2. The number of carbonyl (C=O) groups excluding carboxylic acids is 3. The molecule has 4 heterocycles. The first-order valence-corrected chi connectivity index (χ1v) is 15.5. The number of nitrogens with zero attached hydrogens (tertiary/aromatic N) is 3. The first-order valence-electron chi connectivity index (χ1n) is 15.5. The maximum Gasteiger partial charge on any atom is 0.249 e. The largest absolute Gasteiger partial charge is 0.396 e. The Morgan fingerprint density at radius 1 is 0.744 bits per heavy atom. The van der Waals surface area contributed by atoms with Crippen molar-refractivity contribution in [3.8, 4) is 0 Å². The minimum absolute atomic E-state index is 0.124. The van der Waals surface area contributed by atoms with Crippen LogP contribution in [0.25, 0.3) is 0 Å². The van der Waals surface area contributed by atoms with Crippen LogP contribution in [0.5, 0.6) is 0 Å². The summed E-state index contributed by atoms with van der Waals surface area (Å²) in [7, 11) is 0. The Hall–Kier alpha value is -3.75. The third kappa shape index (κ3) is 5.31. The number of likely N-dealkylation sites (tertiary alicyclic amines) is 1. The van der Waals surface area contributed by atoms with Gasteiger partial charge in [-0.3, -0.25) is 14.4 Å². The van der Waals surface area contributed by atoms with E-state index in [-0.39, 0.29) is 24.3 Å². The van der Waals surface area contributed by atoms with Gasteiger partial charge < -0.3 is 24.5 Å². The van der Waals surface area contributed by atoms with E-state index < -0.39 is 29.1 Å². The van der Waals surface area contributed by atoms with Crippen molar-refractivity contribution in [2.24, 2.45) is 11.8 Å². The Bertz CT molecular complexity index is 1390. The van der Waals surface area contributed by atoms with Crippen molar-refractivity contribution < 1.29 is 24.2 Å². The summed E-state index contributed by atoms with van der Waals surface area (Å²) in [6.07, 6.45) is 10.8. The quantitative estimate of drug-likeness (QED) is 0.340. The van der Waals surface area contributed by atoms with Crippen molar-refractivity contribution in [3.05, 3.63) is 96.1 Å². The fourth-order valence-corrected chi connectivity index (χ4v) is 7.50. The maximum atomic E-state index is 14.5. The fourth-order valence-electron chi connectivity index (χ4n) is 7.50. The lowest BCUT2D eigenvalue weighted by Gasteiger charge is -2.37. The highest BCUT2D eigenvalue weighted by Crippen LogP contribution is 2.57. The molecule has 6 rings (SSSR count). The third-order valence-electron chi connectivity index (χ3n) is 9.46. The second kappa shape index (κ2) is 12.1. The van der Waals surface area contributed by atoms with Gasteiger partial charge in [0.05, 0.1) is 17.4 Å². The molecule has 1 unspecified atom stereocenters. The van der Waals surface area contributed by atoms with Crippen molar-refractivity contribution in [1.82, 2.24) is 14.7 Å². The van der Waals surface area contributed by atoms with Gasteiger partial charge in [0.2, 0.25) is 17.7 Å². The van der Waals surface area contributed by atoms with E-state index in [9.17, 15) is 19.5 Å². The van der Waals surface area contributed by atoms with Crippen LogP contribution in [0.3, 0.4) is 0 Å². The van der Waals surface area contributed by atoms with Crippen molar-refractivity contribution in [1.29, 1.82) is 0 Å². The monoisotopic (exact) mass is 583 g/mol. The Balaban J connectivity index is 1.36. The van der Waals surface area contributed by atoms with Gasteiger partial charge in [-0.15, -0.1) is 0 Å². The predicted molar refractivity (Wildman–Crippen MR) is 162 cm³/mol. The lowest BCUT2D eigenvalue weighted by Crippen LogP contribution is -2.55. The van der Waals surface area contributed by atoms with E-state index in [1.807, 2.05) is 91.9 Å². The molecule has 4 aliphatic rings. The van der Waals surface area contributed by atoms with E-state index in [0.717, 1.165) is 24.0 Å². The van der Waals surface area contributed by atoms with Gasteiger partial charge in [-0.25, -0.2) is 0 Å². The molecule has 2 fully saturated rings. The number of aliphatic hydroxyl groups is 1. The molecule has 2 aromatic carbocycles. The molecule has 0 aromatic heterocycles. The molecule has 0 bridgehead atoms. The molecule has 0 saturated carbocycles. The normalized spacial score (nSPS) is 29.9. The van der Waals surface area contributed by atoms with Crippen LogP contribution < -0.4 is 0 Å². The molecule has 5 atom stereocenters. The van der Waals surface area contributed by atoms with E-state index in [1.165, 1.54) is 0 Å². The molecule has 1 spiro atoms. The molecule has 2 aromatic rings. The summed E-state index contributed by atoms with van der Waals surface area (Å²) in [4.78, 5) is 48.7. The van der Waals surface area contributed by atoms with Crippen LogP contribution in [0.15, 0.2) is 85.0 Å². The smallest absolute Gasteiger partial charge is 0.249 e. The summed E-state index contributed by atoms with van der Waals surface area (Å²) < 4.78 is 6.95. The van der Waals surface area contributed by atoms with E-state index in [4.69, 9.17) is 4.74 Å². The fraction of sp³-hybridized carbons (Fsp3) is 0.457. The van der Waals surface area contributed by atoms with Crippen molar-refractivity contribution in [2.75, 3.05) is 26.2 Å². The summed E-state index contributed by atoms with van der Waals surface area (Å²) >= 11 is 0. The second-order valence-corrected chi connectivity index (χ2v) is 12.4. The zero-order valence-electron chi connectivity index (χ0n) is 24.8. The maximum absolute atomic E-state index is 14.5. The van der Waals surface area contributed by atoms with Gasteiger partial charge in [0.25, 0.3) is 0 Å². The summed E-state index contributed by atoms with van der Waals surface area (Å²) in [5.74, 6) is -2.05. The van der Waals surface area contributed by atoms with Crippen LogP contribution in [-0.2, 0) is 32.2 Å². The Morgan fingerprint density at radius 2 is 1.33 bits per heavy atom. The standard InChI is InChI=1S/C35H41N3O5/c1-34-18-12-20-36(24-26-14-6-4-7-15-26)31(40)28(34)29-32(41)38(22-10-2-3-11-23-39)30-33(42)37(21-13-19-35(29,30)43-34)25-27-16-8-5-9-17-27/h4-9,12-19,28-30,39H,2-3,10-11,20-25H2,1H3/t28-,29+,30?,34+,35+/m1/s1. The summed E-state index contributed by atoms with van der Waals surface area (Å²) in [6.45, 7) is 4.10. The Kier molecular flexibility index (Phi) is 8.25. The van der Waals surface area contributed by atoms with Gasteiger partial charge in [0.15, 0.2) is 0 Å². The molecular formula is C35H41N3O5. The summed E-state index contributed by atoms with van der Waals surface area (Å²) in [6, 6.07) is 18.8. The van der Waals surface area contributed by atoms with Crippen molar-refractivity contribution >= 4 is 17.7 Å². The number of rotatable bonds is 10. The van der Waals surface area contributed by atoms with E-state index in [0.29, 0.717) is 45.6 Å². The highest BCUT2D eigenvalue weighted by molar-refractivity contribution is 6.00. The number of amides is 3. The lowest BCUT2D eigenvalue weighted by molar-refractivity contribution is -0.153. The van der Waals surface area contributed by atoms with Gasteiger partial charge in [0.1, 0.15) is 11.6 Å². The van der Waals surface area contributed by atoms with Crippen LogP contribution >= 0.6 is 0 Å². The molecule has 0 radical (unpaired) electrons. The number of hydrogen-bond donors (Lipinski definition) is 1. The molecule has 43 heavy (non-hydrogen) atoms. The molecule has 4 aliphatic heterocycles. The minimum atomic E-state index is -1.25. The molecule has 2 saturated heterocycles. The first-order chi connectivity index (χ1) is 20.9. The number of benzene rings is 2. The topological polar surface area (TPSA) is 90.4 Å². The van der Waals surface area contributed by atoms with E-state index in [2.05, 4.69) is 0 Å². The highest BCUT2D eigenvalue weighted by atomic mass is 16.5. The summed E-state index contributed by atoms with van der Waals surface area (Å²) in [5.41, 5.74) is -0.258. The van der Waals surface area contributed by atoms with E-state index in [1.54, 1.807) is 14.7 Å². The Morgan fingerprint density at radius 3 is 1.95 bits per heavy atom. The van der Waals surface area contributed by atoms with Crippen LogP contribution in [0.4, 0.5) is 0 Å². The predicted octanol–water partition coefficient (Wildman–Crippen LogP) is 3.71. The molecule has 3 amide bonds. The molecule has 8 nitrogen and oxygen atoms in total. The van der Waals surface area contributed by atoms with Gasteiger partial charge >= 0.3 is 0 Å². The average Bonchev–Trinajstić information content (AvgIpc) is 3.28. The molecule has 1 N–H and O–H groups in total. The first kappa shape index (κ1) is 29.3. The third-order valence-corrected chi connectivity index (χ3v) is 9.46. The van der Waals surface area contributed by atoms with Crippen molar-refractivity contribution in [2.45, 2.75) is 62.9 Å². The van der Waals surface area contributed by atoms with Gasteiger partial charge in [0, 0.05) is 39.3 Å². The van der Waals surface area contributed by atoms with Gasteiger partial charge in [-0.2, -0.15) is 0 Å². The minimum Gasteiger partial charge on any atom is -0.396 e. The number of hydrogen-bond acceptors (Lipinski definition) is 5. The second-order valence-electron chi connectivity index (χ2n) is 12.4. The Labute approximate surface area is 253 Å². The van der Waals surface area contributed by atoms with Crippen LogP contribution in [-0.4, -0.2) is 81.0 Å². The molecule has 0 aliphatic carbocycles. The molecule has 226 valence electrons. The van der Waals surface area contributed by atoms with Crippen LogP contribution in [0.2, 0.25) is 0 Å². The van der Waals surface area contributed by atoms with Crippen LogP contribution in [0, 0.1) is 11.8 Å². The zero-order valence-corrected chi connectivity index (χ0v) is 24.8. The molecular weight excluding hydrogens is 542 g/mol. The number of unbranched alkanes of at least 4 members (excludes halogenated alkanes) is 3. The molecule has 8 heteroatoms. The van der Waals surface area contributed by atoms with Gasteiger partial charge in [-0.05, 0) is 30.9 Å². The average molecular weight is 584 g/mol. The van der Waals surface area contributed by atoms with Gasteiger partial charge in [-0.1, -0.05) is 97.8 Å². The number of ether oxygens (including phenoxy) is 1. The van der Waals surface area contributed by atoms with E-state index >= 15 is 0 Å². The van der Waals surface area contributed by atoms with Crippen LogP contribution in [0.1, 0.15) is 43.7 Å². The lowest BCUT2D eigenvalue weighted by atomic mass is 9.74.